The van der Waals surface area contributed by atoms with E-state index in [0.29, 0.717) is 17.3 Å². The van der Waals surface area contributed by atoms with Crippen LogP contribution in [0.4, 0.5) is 0 Å². The Balaban J connectivity index is 2.09. The van der Waals surface area contributed by atoms with Crippen LogP contribution in [0, 0.1) is 10.1 Å². The van der Waals surface area contributed by atoms with Gasteiger partial charge in [0.1, 0.15) is 10.3 Å². The molecule has 86 valence electrons. The molecule has 0 saturated heterocycles. The van der Waals surface area contributed by atoms with Crippen molar-refractivity contribution in [3.05, 3.63) is 39.2 Å². The molecule has 0 fully saturated rings. The largest absolute Gasteiger partial charge is 0.321 e. The molecule has 1 aromatic rings. The van der Waals surface area contributed by atoms with E-state index < -0.39 is 5.03 Å². The molecule has 1 aliphatic rings. The smallest absolute Gasteiger partial charge is 0.244 e. The van der Waals surface area contributed by atoms with Crippen molar-refractivity contribution in [2.45, 2.75) is 6.42 Å². The molecule has 2 heterocycles. The monoisotopic (exact) mass is 251 g/mol. The zero-order valence-corrected chi connectivity index (χ0v) is 9.20. The van der Waals surface area contributed by atoms with E-state index in [9.17, 15) is 10.1 Å². The lowest BCUT2D eigenvalue weighted by Crippen LogP contribution is -2.02. The topological polar surface area (TPSA) is 93.1 Å². The van der Waals surface area contributed by atoms with Gasteiger partial charge in [0.2, 0.25) is 0 Å². The number of aromatic nitrogens is 1. The van der Waals surface area contributed by atoms with Crippen molar-refractivity contribution < 1.29 is 5.03 Å². The van der Waals surface area contributed by atoms with Gasteiger partial charge in [-0.2, -0.15) is 0 Å². The van der Waals surface area contributed by atoms with Crippen LogP contribution in [-0.4, -0.2) is 27.9 Å². The molecule has 1 aliphatic heterocycles. The van der Waals surface area contributed by atoms with Gasteiger partial charge in [0.25, 0.3) is 0 Å². The van der Waals surface area contributed by atoms with Crippen LogP contribution in [0.15, 0.2) is 33.4 Å². The van der Waals surface area contributed by atoms with Crippen LogP contribution in [-0.2, 0) is 6.42 Å². The number of guanidine groups is 1. The van der Waals surface area contributed by atoms with E-state index in [2.05, 4.69) is 20.1 Å². The summed E-state index contributed by atoms with van der Waals surface area (Å²) >= 11 is 5.65. The highest BCUT2D eigenvalue weighted by Crippen LogP contribution is 2.07. The first kappa shape index (κ1) is 11.3. The lowest BCUT2D eigenvalue weighted by atomic mass is 10.1. The summed E-state index contributed by atoms with van der Waals surface area (Å²) in [6.07, 6.45) is 3.53. The highest BCUT2D eigenvalue weighted by molar-refractivity contribution is 6.38. The number of nitrogens with zero attached hydrogens (tertiary/aromatic N) is 5. The van der Waals surface area contributed by atoms with E-state index >= 15 is 0 Å². The van der Waals surface area contributed by atoms with Crippen LogP contribution in [0.5, 0.6) is 0 Å². The number of hydrogen-bond donors (Lipinski definition) is 0. The molecule has 0 amide bonds. The Kier molecular flexibility index (Phi) is 3.20. The second-order valence-corrected chi connectivity index (χ2v) is 3.55. The fourth-order valence-corrected chi connectivity index (χ4v) is 1.36. The van der Waals surface area contributed by atoms with E-state index in [-0.39, 0.29) is 5.96 Å². The first-order valence-electron chi connectivity index (χ1n) is 4.58. The van der Waals surface area contributed by atoms with Crippen LogP contribution in [0.1, 0.15) is 5.56 Å². The maximum Gasteiger partial charge on any atom is 0.321 e. The first-order chi connectivity index (χ1) is 8.13. The number of hydrogen-bond acceptors (Lipinski definition) is 3. The molecule has 7 nitrogen and oxygen atoms in total. The van der Waals surface area contributed by atoms with Crippen LogP contribution in [0.25, 0.3) is 0 Å². The number of rotatable bonds is 3. The normalized spacial score (nSPS) is 16.3. The summed E-state index contributed by atoms with van der Waals surface area (Å²) in [6.45, 7) is 0. The van der Waals surface area contributed by atoms with Gasteiger partial charge < -0.3 is 0 Å². The van der Waals surface area contributed by atoms with Gasteiger partial charge in [0, 0.05) is 12.6 Å². The molecule has 8 heteroatoms. The average Bonchev–Trinajstić information content (AvgIpc) is 2.68. The summed E-state index contributed by atoms with van der Waals surface area (Å²) < 4.78 is 0. The van der Waals surface area contributed by atoms with E-state index in [4.69, 9.17) is 11.6 Å². The molecule has 0 aliphatic carbocycles. The predicted molar refractivity (Wildman–Crippen MR) is 63.3 cm³/mol. The summed E-state index contributed by atoms with van der Waals surface area (Å²) in [7, 11) is 0. The Labute approximate surface area is 101 Å². The highest BCUT2D eigenvalue weighted by Gasteiger charge is 2.11. The van der Waals surface area contributed by atoms with Gasteiger partial charge in [-0.3, -0.25) is 0 Å². The molecule has 0 atom stereocenters. The maximum atomic E-state index is 10.1. The van der Waals surface area contributed by atoms with Gasteiger partial charge in [0.15, 0.2) is 5.03 Å². The van der Waals surface area contributed by atoms with Crippen molar-refractivity contribution in [1.82, 2.24) is 4.98 Å². The minimum absolute atomic E-state index is 0.146. The minimum Gasteiger partial charge on any atom is -0.244 e. The summed E-state index contributed by atoms with van der Waals surface area (Å²) in [5, 5.41) is 12.7. The molecule has 1 aromatic heterocycles. The Bertz CT molecular complexity index is 535. The number of hydrazone groups is 1. The Hall–Kier alpha value is -2.15. The molecular formula is C9H6ClN5O2. The third kappa shape index (κ3) is 3.15. The molecule has 0 N–H and O–H groups in total. The number of halogens is 1. The van der Waals surface area contributed by atoms with Gasteiger partial charge in [-0.15, -0.1) is 0 Å². The summed E-state index contributed by atoms with van der Waals surface area (Å²) in [5.41, 5.74) is 1.48. The van der Waals surface area contributed by atoms with Crippen LogP contribution >= 0.6 is 11.6 Å². The summed E-state index contributed by atoms with van der Waals surface area (Å²) in [4.78, 5) is 21.6. The van der Waals surface area contributed by atoms with Crippen LogP contribution in [0.3, 0.4) is 0 Å². The summed E-state index contributed by atoms with van der Waals surface area (Å²) in [5.74, 6) is -0.146. The predicted octanol–water partition coefficient (Wildman–Crippen LogP) is 1.35. The molecule has 0 saturated carbocycles. The second kappa shape index (κ2) is 4.79. The molecule has 0 unspecified atom stereocenters. The molecule has 0 bridgehead atoms. The Morgan fingerprint density at radius 3 is 2.94 bits per heavy atom. The standard InChI is InChI=1S/C9H6ClN5O2/c10-8-2-1-6(4-11-8)3-7-5-12-9(13-7)14-15(16)17/h1-2,4-5H,3H2. The van der Waals surface area contributed by atoms with Gasteiger partial charge in [0.05, 0.1) is 11.9 Å². The van der Waals surface area contributed by atoms with Crippen molar-refractivity contribution in [2.75, 3.05) is 0 Å². The fourth-order valence-electron chi connectivity index (χ4n) is 1.24. The molecule has 0 spiro atoms. The number of aliphatic imine (C=N–C) groups is 2. The molecular weight excluding hydrogens is 246 g/mol. The lowest BCUT2D eigenvalue weighted by Gasteiger charge is -1.97. The average molecular weight is 252 g/mol. The van der Waals surface area contributed by atoms with Crippen molar-refractivity contribution >= 4 is 29.5 Å². The SMILES string of the molecule is O=[N+]([O-])N=C1N=CC(Cc2ccc(Cl)nc2)=N1. The maximum absolute atomic E-state index is 10.1. The van der Waals surface area contributed by atoms with Crippen molar-refractivity contribution in [1.29, 1.82) is 0 Å². The second-order valence-electron chi connectivity index (χ2n) is 3.17. The summed E-state index contributed by atoms with van der Waals surface area (Å²) in [6, 6.07) is 3.46. The van der Waals surface area contributed by atoms with Gasteiger partial charge in [-0.25, -0.2) is 25.1 Å². The Morgan fingerprint density at radius 1 is 1.47 bits per heavy atom. The first-order valence-corrected chi connectivity index (χ1v) is 4.96. The van der Waals surface area contributed by atoms with Crippen LogP contribution < -0.4 is 0 Å². The molecule has 0 aromatic carbocycles. The molecule has 17 heavy (non-hydrogen) atoms. The zero-order chi connectivity index (χ0) is 12.3. The minimum atomic E-state index is -0.830. The highest BCUT2D eigenvalue weighted by atomic mass is 35.5. The lowest BCUT2D eigenvalue weighted by molar-refractivity contribution is -0.485. The van der Waals surface area contributed by atoms with E-state index in [0.717, 1.165) is 5.56 Å². The quantitative estimate of drug-likeness (QED) is 0.461. The molecule has 0 radical (unpaired) electrons. The van der Waals surface area contributed by atoms with Crippen LogP contribution in [0.2, 0.25) is 5.15 Å². The van der Waals surface area contributed by atoms with Gasteiger partial charge in [-0.1, -0.05) is 17.7 Å². The van der Waals surface area contributed by atoms with E-state index in [1.165, 1.54) is 6.21 Å². The van der Waals surface area contributed by atoms with Gasteiger partial charge >= 0.3 is 5.96 Å². The third-order valence-corrected chi connectivity index (χ3v) is 2.14. The number of pyridine rings is 1. The van der Waals surface area contributed by atoms with Crippen molar-refractivity contribution in [2.24, 2.45) is 15.1 Å². The van der Waals surface area contributed by atoms with E-state index in [1.807, 2.05) is 0 Å². The number of nitro groups is 1. The Morgan fingerprint density at radius 2 is 2.29 bits per heavy atom. The fraction of sp³-hybridized carbons (Fsp3) is 0.111. The van der Waals surface area contributed by atoms with Crippen molar-refractivity contribution in [3.63, 3.8) is 0 Å². The zero-order valence-electron chi connectivity index (χ0n) is 8.45. The molecule has 2 rings (SSSR count). The van der Waals surface area contributed by atoms with Gasteiger partial charge in [-0.05, 0) is 11.6 Å². The third-order valence-electron chi connectivity index (χ3n) is 1.92. The van der Waals surface area contributed by atoms with Crippen molar-refractivity contribution in [3.8, 4) is 0 Å². The van der Waals surface area contributed by atoms with E-state index in [1.54, 1.807) is 18.3 Å².